The van der Waals surface area contributed by atoms with Crippen LogP contribution in [0.15, 0.2) is 24.4 Å². The van der Waals surface area contributed by atoms with Gasteiger partial charge in [-0.25, -0.2) is 0 Å². The molecule has 1 aromatic heterocycles. The third kappa shape index (κ3) is 5.50. The lowest BCUT2D eigenvalue weighted by Gasteiger charge is -2.42. The molecule has 6 heteroatoms. The molecule has 6 nitrogen and oxygen atoms in total. The average molecular weight is 361 g/mol. The lowest BCUT2D eigenvalue weighted by Crippen LogP contribution is -2.50. The summed E-state index contributed by atoms with van der Waals surface area (Å²) in [5.74, 6) is 0.325. The maximum absolute atomic E-state index is 12.3. The van der Waals surface area contributed by atoms with Gasteiger partial charge in [-0.05, 0) is 44.4 Å². The van der Waals surface area contributed by atoms with E-state index in [0.717, 1.165) is 51.3 Å². The number of amides is 1. The topological polar surface area (TPSA) is 57.7 Å². The highest BCUT2D eigenvalue weighted by atomic mass is 16.5. The van der Waals surface area contributed by atoms with Crippen LogP contribution in [0, 0.1) is 5.92 Å². The van der Waals surface area contributed by atoms with Gasteiger partial charge in [0, 0.05) is 52.1 Å². The fourth-order valence-corrected chi connectivity index (χ4v) is 4.14. The van der Waals surface area contributed by atoms with E-state index >= 15 is 0 Å². The van der Waals surface area contributed by atoms with E-state index in [-0.39, 0.29) is 11.8 Å². The van der Waals surface area contributed by atoms with E-state index in [9.17, 15) is 4.79 Å². The molecule has 0 spiro atoms. The van der Waals surface area contributed by atoms with Crippen LogP contribution in [0.4, 0.5) is 0 Å². The lowest BCUT2D eigenvalue weighted by atomic mass is 9.93. The Bertz CT molecular complexity index is 546. The molecule has 2 fully saturated rings. The molecule has 2 saturated heterocycles. The molecule has 0 unspecified atom stereocenters. The molecule has 0 radical (unpaired) electrons. The second kappa shape index (κ2) is 10.00. The van der Waals surface area contributed by atoms with Gasteiger partial charge in [0.2, 0.25) is 5.91 Å². The fourth-order valence-electron chi connectivity index (χ4n) is 4.14. The summed E-state index contributed by atoms with van der Waals surface area (Å²) in [6.07, 6.45) is 6.37. The number of aromatic nitrogens is 1. The molecule has 0 saturated carbocycles. The zero-order valence-corrected chi connectivity index (χ0v) is 15.9. The minimum absolute atomic E-state index is 0.132. The summed E-state index contributed by atoms with van der Waals surface area (Å²) < 4.78 is 5.01. The van der Waals surface area contributed by atoms with Crippen molar-refractivity contribution in [1.29, 1.82) is 0 Å². The molecular weight excluding hydrogens is 328 g/mol. The molecule has 1 N–H and O–H groups in total. The Kier molecular flexibility index (Phi) is 7.41. The van der Waals surface area contributed by atoms with Crippen molar-refractivity contribution in [3.8, 4) is 0 Å². The number of carbonyl (C=O) groups is 1. The number of ether oxygens (including phenoxy) is 1. The van der Waals surface area contributed by atoms with Crippen LogP contribution in [0.25, 0.3) is 0 Å². The Morgan fingerprint density at radius 1 is 1.27 bits per heavy atom. The van der Waals surface area contributed by atoms with Gasteiger partial charge < -0.3 is 10.1 Å². The van der Waals surface area contributed by atoms with Crippen LogP contribution in [0.1, 0.15) is 31.4 Å². The Hall–Kier alpha value is -1.50. The number of hydrogen-bond acceptors (Lipinski definition) is 5. The molecular formula is C20H32N4O2. The number of rotatable bonds is 7. The van der Waals surface area contributed by atoms with E-state index in [1.54, 1.807) is 7.11 Å². The standard InChI is InChI=1S/C20H32N4O2/c1-26-14-10-22-20(25)17-5-4-11-24(15-17)19-7-12-23(13-8-19)16-18-6-2-3-9-21-18/h2-3,6,9,17,19H,4-5,7-8,10-16H2,1H3,(H,22,25)/t17-/m0/s1. The fraction of sp³-hybridized carbons (Fsp3) is 0.700. The van der Waals surface area contributed by atoms with Crippen molar-refractivity contribution < 1.29 is 9.53 Å². The van der Waals surface area contributed by atoms with Gasteiger partial charge in [-0.15, -0.1) is 0 Å². The average Bonchev–Trinajstić information content (AvgIpc) is 2.69. The first kappa shape index (κ1) is 19.3. The Labute approximate surface area is 156 Å². The maximum Gasteiger partial charge on any atom is 0.224 e. The smallest absolute Gasteiger partial charge is 0.224 e. The van der Waals surface area contributed by atoms with Crippen molar-refractivity contribution in [2.75, 3.05) is 46.4 Å². The van der Waals surface area contributed by atoms with Crippen LogP contribution < -0.4 is 5.32 Å². The predicted molar refractivity (Wildman–Crippen MR) is 102 cm³/mol. The van der Waals surface area contributed by atoms with Gasteiger partial charge in [-0.1, -0.05) is 6.07 Å². The zero-order valence-electron chi connectivity index (χ0n) is 15.9. The first-order chi connectivity index (χ1) is 12.8. The summed E-state index contributed by atoms with van der Waals surface area (Å²) in [5.41, 5.74) is 1.15. The van der Waals surface area contributed by atoms with E-state index in [0.29, 0.717) is 19.2 Å². The third-order valence-electron chi connectivity index (χ3n) is 5.61. The normalized spacial score (nSPS) is 23.0. The first-order valence-electron chi connectivity index (χ1n) is 9.89. The van der Waals surface area contributed by atoms with Gasteiger partial charge in [0.15, 0.2) is 0 Å². The summed E-state index contributed by atoms with van der Waals surface area (Å²) in [6, 6.07) is 6.74. The number of carbonyl (C=O) groups excluding carboxylic acids is 1. The highest BCUT2D eigenvalue weighted by Gasteiger charge is 2.31. The van der Waals surface area contributed by atoms with Crippen LogP contribution in [-0.2, 0) is 16.1 Å². The van der Waals surface area contributed by atoms with E-state index in [1.807, 2.05) is 12.3 Å². The number of methoxy groups -OCH3 is 1. The molecule has 2 aliphatic heterocycles. The van der Waals surface area contributed by atoms with Crippen molar-refractivity contribution in [3.63, 3.8) is 0 Å². The second-order valence-electron chi connectivity index (χ2n) is 7.45. The minimum atomic E-state index is 0.132. The number of nitrogens with one attached hydrogen (secondary N) is 1. The molecule has 26 heavy (non-hydrogen) atoms. The van der Waals surface area contributed by atoms with E-state index < -0.39 is 0 Å². The van der Waals surface area contributed by atoms with Crippen molar-refractivity contribution in [2.24, 2.45) is 5.92 Å². The molecule has 0 aliphatic carbocycles. The van der Waals surface area contributed by atoms with Crippen LogP contribution in [0.2, 0.25) is 0 Å². The minimum Gasteiger partial charge on any atom is -0.383 e. The quantitative estimate of drug-likeness (QED) is 0.747. The Balaban J connectivity index is 1.43. The molecule has 0 aromatic carbocycles. The van der Waals surface area contributed by atoms with Gasteiger partial charge in [0.1, 0.15) is 0 Å². The summed E-state index contributed by atoms with van der Waals surface area (Å²) in [5, 5.41) is 3.01. The zero-order chi connectivity index (χ0) is 18.2. The predicted octanol–water partition coefficient (Wildman–Crippen LogP) is 1.52. The van der Waals surface area contributed by atoms with Crippen molar-refractivity contribution >= 4 is 5.91 Å². The van der Waals surface area contributed by atoms with Crippen LogP contribution in [0.3, 0.4) is 0 Å². The van der Waals surface area contributed by atoms with Gasteiger partial charge in [0.05, 0.1) is 18.2 Å². The number of likely N-dealkylation sites (tertiary alicyclic amines) is 2. The number of pyridine rings is 1. The summed E-state index contributed by atoms with van der Waals surface area (Å²) >= 11 is 0. The Morgan fingerprint density at radius 3 is 2.85 bits per heavy atom. The molecule has 3 rings (SSSR count). The number of nitrogens with zero attached hydrogens (tertiary/aromatic N) is 3. The van der Waals surface area contributed by atoms with E-state index in [4.69, 9.17) is 4.74 Å². The largest absolute Gasteiger partial charge is 0.383 e. The molecule has 144 valence electrons. The van der Waals surface area contributed by atoms with Crippen molar-refractivity contribution in [3.05, 3.63) is 30.1 Å². The van der Waals surface area contributed by atoms with E-state index in [2.05, 4.69) is 32.2 Å². The SMILES string of the molecule is COCCNC(=O)[C@H]1CCCN(C2CCN(Cc3ccccn3)CC2)C1. The molecule has 1 aromatic rings. The molecule has 2 aliphatic rings. The third-order valence-corrected chi connectivity index (χ3v) is 5.61. The molecule has 1 amide bonds. The number of hydrogen-bond donors (Lipinski definition) is 1. The van der Waals surface area contributed by atoms with Crippen molar-refractivity contribution in [2.45, 2.75) is 38.3 Å². The maximum atomic E-state index is 12.3. The molecule has 3 heterocycles. The summed E-state index contributed by atoms with van der Waals surface area (Å²) in [7, 11) is 1.66. The highest BCUT2D eigenvalue weighted by molar-refractivity contribution is 5.78. The van der Waals surface area contributed by atoms with Crippen LogP contribution in [0.5, 0.6) is 0 Å². The van der Waals surface area contributed by atoms with Crippen molar-refractivity contribution in [1.82, 2.24) is 20.1 Å². The van der Waals surface area contributed by atoms with Crippen LogP contribution in [-0.4, -0.2) is 73.2 Å². The Morgan fingerprint density at radius 2 is 2.12 bits per heavy atom. The molecule has 1 atom stereocenters. The van der Waals surface area contributed by atoms with Gasteiger partial charge in [-0.2, -0.15) is 0 Å². The van der Waals surface area contributed by atoms with Gasteiger partial charge in [0.25, 0.3) is 0 Å². The highest BCUT2D eigenvalue weighted by Crippen LogP contribution is 2.24. The van der Waals surface area contributed by atoms with Crippen LogP contribution >= 0.6 is 0 Å². The first-order valence-corrected chi connectivity index (χ1v) is 9.89. The monoisotopic (exact) mass is 360 g/mol. The number of piperidine rings is 2. The van der Waals surface area contributed by atoms with Gasteiger partial charge in [-0.3, -0.25) is 19.6 Å². The van der Waals surface area contributed by atoms with Gasteiger partial charge >= 0.3 is 0 Å². The summed E-state index contributed by atoms with van der Waals surface area (Å²) in [4.78, 5) is 21.8. The summed E-state index contributed by atoms with van der Waals surface area (Å²) in [6.45, 7) is 6.40. The lowest BCUT2D eigenvalue weighted by molar-refractivity contribution is -0.127. The molecule has 0 bridgehead atoms. The second-order valence-corrected chi connectivity index (χ2v) is 7.45. The van der Waals surface area contributed by atoms with E-state index in [1.165, 1.54) is 12.8 Å².